The Balaban J connectivity index is 1.38. The third kappa shape index (κ3) is 5.02. The van der Waals surface area contributed by atoms with Gasteiger partial charge in [0.05, 0.1) is 10.8 Å². The quantitative estimate of drug-likeness (QED) is 0.665. The van der Waals surface area contributed by atoms with Crippen LogP contribution >= 0.6 is 23.1 Å². The molecule has 1 aliphatic rings. The Bertz CT molecular complexity index is 979. The molecule has 0 aromatic carbocycles. The summed E-state index contributed by atoms with van der Waals surface area (Å²) in [5.41, 5.74) is 0.699. The van der Waals surface area contributed by atoms with Crippen LogP contribution in [0.25, 0.3) is 0 Å². The van der Waals surface area contributed by atoms with Crippen LogP contribution in [-0.2, 0) is 4.79 Å². The lowest BCUT2D eigenvalue weighted by atomic mass is 9.97. The Morgan fingerprint density at radius 1 is 1.10 bits per heavy atom. The van der Waals surface area contributed by atoms with Gasteiger partial charge in [-0.1, -0.05) is 23.9 Å². The van der Waals surface area contributed by atoms with E-state index in [1.807, 2.05) is 41.8 Å². The second kappa shape index (κ2) is 9.19. The first-order valence-corrected chi connectivity index (χ1v) is 11.1. The molecule has 6 nitrogen and oxygen atoms in total. The molecule has 3 aromatic rings. The van der Waals surface area contributed by atoms with E-state index in [1.165, 1.54) is 23.1 Å². The fourth-order valence-electron chi connectivity index (χ4n) is 3.23. The maximum Gasteiger partial charge on any atom is 0.263 e. The summed E-state index contributed by atoms with van der Waals surface area (Å²) in [5.74, 6) is -0.267. The highest BCUT2D eigenvalue weighted by atomic mass is 32.2. The predicted octanol–water partition coefficient (Wildman–Crippen LogP) is 4.18. The van der Waals surface area contributed by atoms with E-state index in [0.717, 1.165) is 27.8 Å². The number of carbonyl (C=O) groups excluding carboxylic acids is 2. The lowest BCUT2D eigenvalue weighted by molar-refractivity contribution is -0.121. The average molecular weight is 425 g/mol. The number of hydrogen-bond donors (Lipinski definition) is 1. The number of anilines is 1. The predicted molar refractivity (Wildman–Crippen MR) is 114 cm³/mol. The van der Waals surface area contributed by atoms with Gasteiger partial charge in [0.15, 0.2) is 0 Å². The van der Waals surface area contributed by atoms with Crippen molar-refractivity contribution in [2.45, 2.75) is 22.9 Å². The number of nitrogens with one attached hydrogen (secondary N) is 1. The second-order valence-electron chi connectivity index (χ2n) is 6.71. The van der Waals surface area contributed by atoms with Gasteiger partial charge in [-0.3, -0.25) is 9.59 Å². The van der Waals surface area contributed by atoms with Crippen molar-refractivity contribution in [2.75, 3.05) is 18.4 Å². The highest BCUT2D eigenvalue weighted by molar-refractivity contribution is 7.99. The van der Waals surface area contributed by atoms with Crippen LogP contribution in [0, 0.1) is 5.92 Å². The number of rotatable bonds is 5. The van der Waals surface area contributed by atoms with E-state index in [4.69, 9.17) is 0 Å². The molecule has 0 radical (unpaired) electrons. The van der Waals surface area contributed by atoms with Gasteiger partial charge in [-0.15, -0.1) is 11.3 Å². The standard InChI is InChI=1S/C21H20N4O2S2/c26-20(15-5-3-11-25(14-15)21(27)17-6-4-12-28-17)24-16-8-10-23-19(13-16)29-18-7-1-2-9-22-18/h1-2,4,6-10,12-13,15H,3,5,11,14H2,(H,23,24,26)/t15-/m1/s1. The number of pyridine rings is 2. The maximum atomic E-state index is 12.8. The molecule has 0 aliphatic carbocycles. The number of aromatic nitrogens is 2. The zero-order chi connectivity index (χ0) is 20.1. The van der Waals surface area contributed by atoms with E-state index in [-0.39, 0.29) is 17.7 Å². The lowest BCUT2D eigenvalue weighted by Gasteiger charge is -2.31. The van der Waals surface area contributed by atoms with Crippen LogP contribution in [0.2, 0.25) is 0 Å². The van der Waals surface area contributed by atoms with E-state index in [9.17, 15) is 9.59 Å². The Labute approximate surface area is 177 Å². The summed E-state index contributed by atoms with van der Waals surface area (Å²) in [5, 5.41) is 6.49. The van der Waals surface area contributed by atoms with Gasteiger partial charge in [0, 0.05) is 31.2 Å². The van der Waals surface area contributed by atoms with Crippen molar-refractivity contribution in [1.82, 2.24) is 14.9 Å². The monoisotopic (exact) mass is 424 g/mol. The molecule has 1 fully saturated rings. The van der Waals surface area contributed by atoms with E-state index < -0.39 is 0 Å². The van der Waals surface area contributed by atoms with Crippen molar-refractivity contribution >= 4 is 40.6 Å². The molecule has 8 heteroatoms. The van der Waals surface area contributed by atoms with Gasteiger partial charge in [0.1, 0.15) is 10.1 Å². The van der Waals surface area contributed by atoms with Crippen molar-refractivity contribution in [3.8, 4) is 0 Å². The van der Waals surface area contributed by atoms with E-state index in [1.54, 1.807) is 23.4 Å². The van der Waals surface area contributed by atoms with E-state index in [2.05, 4.69) is 15.3 Å². The molecule has 0 spiro atoms. The number of piperidine rings is 1. The minimum atomic E-state index is -0.215. The van der Waals surface area contributed by atoms with E-state index in [0.29, 0.717) is 18.8 Å². The first-order valence-electron chi connectivity index (χ1n) is 9.37. The number of carbonyl (C=O) groups is 2. The van der Waals surface area contributed by atoms with Crippen LogP contribution in [0.3, 0.4) is 0 Å². The molecule has 0 saturated carbocycles. The fraction of sp³-hybridized carbons (Fsp3) is 0.238. The van der Waals surface area contributed by atoms with Crippen LogP contribution in [0.1, 0.15) is 22.5 Å². The van der Waals surface area contributed by atoms with Crippen LogP contribution in [-0.4, -0.2) is 39.8 Å². The molecule has 1 saturated heterocycles. The topological polar surface area (TPSA) is 75.2 Å². The van der Waals surface area contributed by atoms with Crippen LogP contribution in [0.4, 0.5) is 5.69 Å². The third-order valence-corrected chi connectivity index (χ3v) is 6.40. The zero-order valence-corrected chi connectivity index (χ0v) is 17.3. The van der Waals surface area contributed by atoms with Crippen molar-refractivity contribution in [3.63, 3.8) is 0 Å². The Kier molecular flexibility index (Phi) is 6.21. The van der Waals surface area contributed by atoms with Gasteiger partial charge in [0.2, 0.25) is 5.91 Å². The van der Waals surface area contributed by atoms with Gasteiger partial charge in [-0.25, -0.2) is 9.97 Å². The van der Waals surface area contributed by atoms with Crippen molar-refractivity contribution in [2.24, 2.45) is 5.92 Å². The van der Waals surface area contributed by atoms with Crippen molar-refractivity contribution < 1.29 is 9.59 Å². The number of nitrogens with zero attached hydrogens (tertiary/aromatic N) is 3. The summed E-state index contributed by atoms with van der Waals surface area (Å²) < 4.78 is 0. The molecule has 1 N–H and O–H groups in total. The summed E-state index contributed by atoms with van der Waals surface area (Å²) in [4.78, 5) is 36.5. The highest BCUT2D eigenvalue weighted by Crippen LogP contribution is 2.26. The summed E-state index contributed by atoms with van der Waals surface area (Å²) >= 11 is 2.87. The third-order valence-electron chi connectivity index (χ3n) is 4.66. The first kappa shape index (κ1) is 19.6. The van der Waals surface area contributed by atoms with Crippen LogP contribution in [0.5, 0.6) is 0 Å². The lowest BCUT2D eigenvalue weighted by Crippen LogP contribution is -2.43. The molecular weight excluding hydrogens is 404 g/mol. The van der Waals surface area contributed by atoms with Gasteiger partial charge in [-0.2, -0.15) is 0 Å². The molecule has 29 heavy (non-hydrogen) atoms. The van der Waals surface area contributed by atoms with Crippen molar-refractivity contribution in [3.05, 3.63) is 65.1 Å². The molecule has 1 aliphatic heterocycles. The Morgan fingerprint density at radius 3 is 2.79 bits per heavy atom. The van der Waals surface area contributed by atoms with Crippen molar-refractivity contribution in [1.29, 1.82) is 0 Å². The number of thiophene rings is 1. The Morgan fingerprint density at radius 2 is 2.00 bits per heavy atom. The normalized spacial score (nSPS) is 16.4. The summed E-state index contributed by atoms with van der Waals surface area (Å²) in [6.07, 6.45) is 5.02. The minimum absolute atomic E-state index is 0.00968. The van der Waals surface area contributed by atoms with Gasteiger partial charge < -0.3 is 10.2 Å². The molecular formula is C21H20N4O2S2. The molecule has 148 valence electrons. The largest absolute Gasteiger partial charge is 0.337 e. The molecule has 3 aromatic heterocycles. The van der Waals surface area contributed by atoms with Crippen LogP contribution < -0.4 is 5.32 Å². The number of amides is 2. The van der Waals surface area contributed by atoms with Gasteiger partial charge >= 0.3 is 0 Å². The summed E-state index contributed by atoms with van der Waals surface area (Å²) in [6, 6.07) is 13.0. The highest BCUT2D eigenvalue weighted by Gasteiger charge is 2.29. The maximum absolute atomic E-state index is 12.8. The average Bonchev–Trinajstić information content (AvgIpc) is 3.29. The molecule has 4 rings (SSSR count). The SMILES string of the molecule is O=C(Nc1ccnc(Sc2ccccn2)c1)[C@@H]1CCCN(C(=O)c2cccs2)C1. The first-order chi connectivity index (χ1) is 14.2. The minimum Gasteiger partial charge on any atom is -0.337 e. The van der Waals surface area contributed by atoms with Gasteiger partial charge in [0.25, 0.3) is 5.91 Å². The number of likely N-dealkylation sites (tertiary alicyclic amines) is 1. The molecule has 0 unspecified atom stereocenters. The Hall–Kier alpha value is -2.71. The number of hydrogen-bond acceptors (Lipinski definition) is 6. The van der Waals surface area contributed by atoms with E-state index >= 15 is 0 Å². The molecule has 4 heterocycles. The van der Waals surface area contributed by atoms with Crippen LogP contribution in [0.15, 0.2) is 70.3 Å². The smallest absolute Gasteiger partial charge is 0.263 e. The fourth-order valence-corrected chi connectivity index (χ4v) is 4.70. The molecule has 2 amide bonds. The molecule has 1 atom stereocenters. The summed E-state index contributed by atoms with van der Waals surface area (Å²) in [6.45, 7) is 1.14. The zero-order valence-electron chi connectivity index (χ0n) is 15.7. The molecule has 0 bridgehead atoms. The van der Waals surface area contributed by atoms with Gasteiger partial charge in [-0.05, 0) is 48.6 Å². The summed E-state index contributed by atoms with van der Waals surface area (Å²) in [7, 11) is 0. The second-order valence-corrected chi connectivity index (χ2v) is 8.70.